The zero-order valence-corrected chi connectivity index (χ0v) is 12.4. The number of benzene rings is 1. The van der Waals surface area contributed by atoms with Crippen molar-refractivity contribution in [2.45, 2.75) is 35.5 Å². The first-order chi connectivity index (χ1) is 9.01. The number of rotatable bonds is 5. The number of hydrogen-bond acceptors (Lipinski definition) is 4. The summed E-state index contributed by atoms with van der Waals surface area (Å²) >= 11 is 1.54. The summed E-state index contributed by atoms with van der Waals surface area (Å²) in [6, 6.07) is 6.50. The number of carbonyl (C=O) groups excluding carboxylic acids is 1. The predicted molar refractivity (Wildman–Crippen MR) is 75.5 cm³/mol. The van der Waals surface area contributed by atoms with E-state index in [4.69, 9.17) is 0 Å². The molecule has 0 atom stereocenters. The molecular formula is C13H17NO3S2. The summed E-state index contributed by atoms with van der Waals surface area (Å²) in [4.78, 5) is 12.8. The minimum absolute atomic E-state index is 0.132. The van der Waals surface area contributed by atoms with Crippen LogP contribution in [0.3, 0.4) is 0 Å². The van der Waals surface area contributed by atoms with Crippen molar-refractivity contribution in [2.75, 3.05) is 6.26 Å². The van der Waals surface area contributed by atoms with Crippen molar-refractivity contribution < 1.29 is 13.2 Å². The van der Waals surface area contributed by atoms with Crippen molar-refractivity contribution in [1.29, 1.82) is 0 Å². The number of carbonyl (C=O) groups is 1. The zero-order chi connectivity index (χ0) is 13.9. The van der Waals surface area contributed by atoms with Gasteiger partial charge in [0.25, 0.3) is 10.0 Å². The topological polar surface area (TPSA) is 63.2 Å². The lowest BCUT2D eigenvalue weighted by atomic mass is 9.83. The molecule has 0 aromatic heterocycles. The highest BCUT2D eigenvalue weighted by Crippen LogP contribution is 2.29. The van der Waals surface area contributed by atoms with Gasteiger partial charge in [0.1, 0.15) is 0 Å². The van der Waals surface area contributed by atoms with Crippen molar-refractivity contribution in [1.82, 2.24) is 4.72 Å². The average Bonchev–Trinajstić information content (AvgIpc) is 2.33. The maximum atomic E-state index is 12.0. The summed E-state index contributed by atoms with van der Waals surface area (Å²) in [5.74, 6) is -0.0484. The Morgan fingerprint density at radius 3 is 2.42 bits per heavy atom. The van der Waals surface area contributed by atoms with Crippen LogP contribution >= 0.6 is 11.8 Å². The maximum absolute atomic E-state index is 12.0. The standard InChI is InChI=1S/C13H17NO3S2/c1-18-11-5-7-12(8-6-11)19(16,17)14-13(15)9-10-3-2-4-10/h5-8,10H,2-4,9H2,1H3,(H,14,15). The number of amides is 1. The van der Waals surface area contributed by atoms with Gasteiger partial charge in [0.2, 0.25) is 5.91 Å². The molecule has 1 aromatic carbocycles. The molecule has 1 fully saturated rings. The van der Waals surface area contributed by atoms with Crippen molar-refractivity contribution in [3.63, 3.8) is 0 Å². The average molecular weight is 299 g/mol. The molecule has 0 radical (unpaired) electrons. The van der Waals surface area contributed by atoms with Gasteiger partial charge >= 0.3 is 0 Å². The van der Waals surface area contributed by atoms with Crippen LogP contribution in [0, 0.1) is 5.92 Å². The second-order valence-corrected chi connectivity index (χ2v) is 7.27. The molecule has 6 heteroatoms. The first-order valence-electron chi connectivity index (χ1n) is 6.21. The highest BCUT2D eigenvalue weighted by molar-refractivity contribution is 7.98. The van der Waals surface area contributed by atoms with Gasteiger partial charge in [-0.1, -0.05) is 6.42 Å². The lowest BCUT2D eigenvalue weighted by molar-refractivity contribution is -0.120. The van der Waals surface area contributed by atoms with Gasteiger partial charge in [0.15, 0.2) is 0 Å². The van der Waals surface area contributed by atoms with Crippen molar-refractivity contribution in [3.05, 3.63) is 24.3 Å². The lowest BCUT2D eigenvalue weighted by Crippen LogP contribution is -2.33. The fourth-order valence-electron chi connectivity index (χ4n) is 1.96. The summed E-state index contributed by atoms with van der Waals surface area (Å²) < 4.78 is 26.1. The highest BCUT2D eigenvalue weighted by atomic mass is 32.2. The molecule has 0 aliphatic heterocycles. The maximum Gasteiger partial charge on any atom is 0.264 e. The van der Waals surface area contributed by atoms with E-state index in [1.54, 1.807) is 12.1 Å². The summed E-state index contributed by atoms with van der Waals surface area (Å²) in [7, 11) is -3.72. The van der Waals surface area contributed by atoms with Crippen LogP contribution in [0.4, 0.5) is 0 Å². The van der Waals surface area contributed by atoms with E-state index < -0.39 is 15.9 Å². The SMILES string of the molecule is CSc1ccc(S(=O)(=O)NC(=O)CC2CCC2)cc1. The molecule has 4 nitrogen and oxygen atoms in total. The quantitative estimate of drug-likeness (QED) is 0.848. The second kappa shape index (κ2) is 5.96. The van der Waals surface area contributed by atoms with Crippen LogP contribution in [0.2, 0.25) is 0 Å². The molecule has 1 aliphatic carbocycles. The molecule has 19 heavy (non-hydrogen) atoms. The Labute approximate surface area is 118 Å². The molecule has 0 saturated heterocycles. The lowest BCUT2D eigenvalue weighted by Gasteiger charge is -2.24. The zero-order valence-electron chi connectivity index (χ0n) is 10.8. The van der Waals surface area contributed by atoms with E-state index >= 15 is 0 Å². The van der Waals surface area contributed by atoms with Crippen molar-refractivity contribution in [3.8, 4) is 0 Å². The second-order valence-electron chi connectivity index (χ2n) is 4.71. The Morgan fingerprint density at radius 1 is 1.32 bits per heavy atom. The van der Waals surface area contributed by atoms with Gasteiger partial charge in [-0.15, -0.1) is 11.8 Å². The molecule has 1 saturated carbocycles. The number of hydrogen-bond donors (Lipinski definition) is 1. The van der Waals surface area contributed by atoms with E-state index in [0.717, 1.165) is 24.2 Å². The van der Waals surface area contributed by atoms with Crippen LogP contribution < -0.4 is 4.72 Å². The first-order valence-corrected chi connectivity index (χ1v) is 8.92. The Bertz CT molecular complexity index is 548. The molecule has 104 valence electrons. The monoisotopic (exact) mass is 299 g/mol. The Balaban J connectivity index is 2.01. The summed E-state index contributed by atoms with van der Waals surface area (Å²) in [6.07, 6.45) is 5.42. The van der Waals surface area contributed by atoms with E-state index in [1.807, 2.05) is 6.26 Å². The van der Waals surface area contributed by atoms with Gasteiger partial charge in [-0.05, 0) is 49.3 Å². The van der Waals surface area contributed by atoms with Gasteiger partial charge in [0, 0.05) is 11.3 Å². The van der Waals surface area contributed by atoms with E-state index in [2.05, 4.69) is 4.72 Å². The van der Waals surface area contributed by atoms with Crippen LogP contribution in [0.25, 0.3) is 0 Å². The first kappa shape index (κ1) is 14.4. The van der Waals surface area contributed by atoms with Crippen molar-refractivity contribution in [2.24, 2.45) is 5.92 Å². The number of nitrogens with one attached hydrogen (secondary N) is 1. The largest absolute Gasteiger partial charge is 0.274 e. The van der Waals surface area contributed by atoms with Gasteiger partial charge in [-0.3, -0.25) is 4.79 Å². The molecule has 1 amide bonds. The molecule has 1 N–H and O–H groups in total. The van der Waals surface area contributed by atoms with Crippen LogP contribution in [0.1, 0.15) is 25.7 Å². The third kappa shape index (κ3) is 3.73. The van der Waals surface area contributed by atoms with E-state index in [0.29, 0.717) is 12.3 Å². The minimum atomic E-state index is -3.72. The third-order valence-corrected chi connectivity index (χ3v) is 5.45. The van der Waals surface area contributed by atoms with Crippen LogP contribution in [-0.4, -0.2) is 20.6 Å². The Kier molecular flexibility index (Phi) is 4.52. The van der Waals surface area contributed by atoms with Gasteiger partial charge in [-0.2, -0.15) is 0 Å². The number of thioether (sulfide) groups is 1. The molecule has 0 heterocycles. The normalized spacial score (nSPS) is 15.8. The molecule has 1 aliphatic rings. The smallest absolute Gasteiger partial charge is 0.264 e. The fraction of sp³-hybridized carbons (Fsp3) is 0.462. The molecule has 1 aromatic rings. The van der Waals surface area contributed by atoms with Gasteiger partial charge in [-0.25, -0.2) is 13.1 Å². The van der Waals surface area contributed by atoms with Crippen LogP contribution in [0.5, 0.6) is 0 Å². The Morgan fingerprint density at radius 2 is 1.95 bits per heavy atom. The molecule has 2 rings (SSSR count). The molecule has 0 bridgehead atoms. The van der Waals surface area contributed by atoms with E-state index in [1.165, 1.54) is 23.9 Å². The van der Waals surface area contributed by atoms with Crippen LogP contribution in [-0.2, 0) is 14.8 Å². The van der Waals surface area contributed by atoms with E-state index in [9.17, 15) is 13.2 Å². The van der Waals surface area contributed by atoms with Gasteiger partial charge < -0.3 is 0 Å². The van der Waals surface area contributed by atoms with Crippen LogP contribution in [0.15, 0.2) is 34.1 Å². The molecule has 0 unspecified atom stereocenters. The third-order valence-electron chi connectivity index (χ3n) is 3.32. The molecule has 0 spiro atoms. The summed E-state index contributed by atoms with van der Waals surface area (Å²) in [6.45, 7) is 0. The summed E-state index contributed by atoms with van der Waals surface area (Å²) in [5.41, 5.74) is 0. The van der Waals surface area contributed by atoms with Gasteiger partial charge in [0.05, 0.1) is 4.90 Å². The minimum Gasteiger partial charge on any atom is -0.274 e. The molecular weight excluding hydrogens is 282 g/mol. The van der Waals surface area contributed by atoms with E-state index in [-0.39, 0.29) is 4.90 Å². The summed E-state index contributed by atoms with van der Waals surface area (Å²) in [5, 5.41) is 0. The highest BCUT2D eigenvalue weighted by Gasteiger charge is 2.24. The van der Waals surface area contributed by atoms with Crippen molar-refractivity contribution >= 4 is 27.7 Å². The fourth-order valence-corrected chi connectivity index (χ4v) is 3.37. The number of sulfonamides is 1. The Hall–Kier alpha value is -1.01. The predicted octanol–water partition coefficient (Wildman–Crippen LogP) is 2.40.